The first-order valence-electron chi connectivity index (χ1n) is 13.1. The Morgan fingerprint density at radius 1 is 0.938 bits per heavy atom. The maximum atomic E-state index is 12.0. The molecule has 0 fully saturated rings. The highest BCUT2D eigenvalue weighted by Crippen LogP contribution is 2.35. The van der Waals surface area contributed by atoms with E-state index in [0.717, 1.165) is 51.4 Å². The van der Waals surface area contributed by atoms with E-state index < -0.39 is 5.79 Å². The van der Waals surface area contributed by atoms with Crippen LogP contribution < -0.4 is 5.32 Å². The fourth-order valence-corrected chi connectivity index (χ4v) is 3.90. The van der Waals surface area contributed by atoms with E-state index in [9.17, 15) is 4.79 Å². The Morgan fingerprint density at radius 3 is 2.00 bits per heavy atom. The predicted octanol–water partition coefficient (Wildman–Crippen LogP) is 6.88. The van der Waals surface area contributed by atoms with E-state index in [-0.39, 0.29) is 22.8 Å². The van der Waals surface area contributed by atoms with Gasteiger partial charge in [-0.05, 0) is 45.4 Å². The molecule has 0 rings (SSSR count). The number of carbonyl (C=O) groups excluding carboxylic acids is 1. The summed E-state index contributed by atoms with van der Waals surface area (Å²) in [5.41, 5.74) is -0.191. The van der Waals surface area contributed by atoms with E-state index in [1.54, 1.807) is 7.11 Å². The second-order valence-electron chi connectivity index (χ2n) is 10.5. The number of carbonyl (C=O) groups is 1. The molecule has 0 aromatic carbocycles. The van der Waals surface area contributed by atoms with Crippen molar-refractivity contribution in [3.8, 4) is 0 Å². The van der Waals surface area contributed by atoms with Crippen molar-refractivity contribution in [2.45, 2.75) is 137 Å². The van der Waals surface area contributed by atoms with Crippen LogP contribution in [0.1, 0.15) is 120 Å². The number of methoxy groups -OCH3 is 1. The van der Waals surface area contributed by atoms with Crippen molar-refractivity contribution in [2.75, 3.05) is 20.3 Å². The number of ether oxygens (including phenoxy) is 3. The molecule has 0 aliphatic rings. The molecule has 5 nitrogen and oxygen atoms in total. The summed E-state index contributed by atoms with van der Waals surface area (Å²) in [5.74, 6) is -0.566. The van der Waals surface area contributed by atoms with Crippen LogP contribution in [0.25, 0.3) is 0 Å². The molecule has 32 heavy (non-hydrogen) atoms. The van der Waals surface area contributed by atoms with Gasteiger partial charge >= 0.3 is 5.97 Å². The zero-order valence-corrected chi connectivity index (χ0v) is 23.1. The third-order valence-corrected chi connectivity index (χ3v) is 7.40. The van der Waals surface area contributed by atoms with Gasteiger partial charge in [0.15, 0.2) is 5.79 Å². The number of unbranched alkanes of at least 4 members (excludes halogenated alkanes) is 1. The monoisotopic (exact) mass is 457 g/mol. The van der Waals surface area contributed by atoms with Crippen LogP contribution in [0.4, 0.5) is 0 Å². The van der Waals surface area contributed by atoms with E-state index >= 15 is 0 Å². The van der Waals surface area contributed by atoms with Crippen molar-refractivity contribution in [3.63, 3.8) is 0 Å². The highest BCUT2D eigenvalue weighted by atomic mass is 16.7. The van der Waals surface area contributed by atoms with Gasteiger partial charge in [0.05, 0.1) is 13.2 Å². The van der Waals surface area contributed by atoms with Crippen molar-refractivity contribution in [2.24, 2.45) is 11.3 Å². The molecular formula is C27H55NO4. The minimum atomic E-state index is -0.658. The third kappa shape index (κ3) is 10.5. The summed E-state index contributed by atoms with van der Waals surface area (Å²) >= 11 is 0. The molecule has 0 heterocycles. The minimum Gasteiger partial charge on any atom is -0.465 e. The Hall–Kier alpha value is -0.650. The van der Waals surface area contributed by atoms with E-state index in [0.29, 0.717) is 25.7 Å². The molecule has 3 atom stereocenters. The summed E-state index contributed by atoms with van der Waals surface area (Å²) in [6.07, 6.45) is 8.34. The molecule has 5 heteroatoms. The second kappa shape index (κ2) is 15.3. The summed E-state index contributed by atoms with van der Waals surface area (Å²) in [7, 11) is 1.76. The largest absolute Gasteiger partial charge is 0.465 e. The van der Waals surface area contributed by atoms with Crippen LogP contribution in [-0.4, -0.2) is 43.7 Å². The number of nitrogens with one attached hydrogen (secondary N) is 1. The first-order chi connectivity index (χ1) is 15.0. The van der Waals surface area contributed by atoms with Crippen LogP contribution in [0, 0.1) is 11.3 Å². The Bertz CT molecular complexity index is 508. The quantitative estimate of drug-likeness (QED) is 0.169. The Kier molecular flexibility index (Phi) is 15.0. The molecule has 0 bridgehead atoms. The van der Waals surface area contributed by atoms with Crippen LogP contribution in [0.15, 0.2) is 0 Å². The Morgan fingerprint density at radius 2 is 1.56 bits per heavy atom. The molecule has 0 aliphatic heterocycles. The molecule has 0 aromatic heterocycles. The number of rotatable bonds is 19. The SMILES string of the molecule is CCCCC(=O)OCC(C)(CC)COC(CCC(C)(CC)NC(CC)CC)(OC)C(C)C. The third-order valence-electron chi connectivity index (χ3n) is 7.40. The lowest BCUT2D eigenvalue weighted by Gasteiger charge is -2.42. The Labute approximate surface area is 199 Å². The van der Waals surface area contributed by atoms with E-state index in [2.05, 4.69) is 67.6 Å². The van der Waals surface area contributed by atoms with Crippen molar-refractivity contribution in [3.05, 3.63) is 0 Å². The topological polar surface area (TPSA) is 56.8 Å². The highest BCUT2D eigenvalue weighted by Gasteiger charge is 2.40. The van der Waals surface area contributed by atoms with Crippen LogP contribution in [0.2, 0.25) is 0 Å². The average Bonchev–Trinajstić information content (AvgIpc) is 2.80. The molecule has 192 valence electrons. The molecule has 0 saturated carbocycles. The molecule has 0 aliphatic carbocycles. The van der Waals surface area contributed by atoms with Crippen LogP contribution in [-0.2, 0) is 19.0 Å². The molecule has 1 N–H and O–H groups in total. The van der Waals surface area contributed by atoms with E-state index in [4.69, 9.17) is 14.2 Å². The standard InChI is InChI=1S/C27H55NO4/c1-11-16-17-24(29)31-20-25(8,14-4)21-32-27(30-10,22(6)7)19-18-26(9,15-5)28-23(12-2)13-3/h22-23,28H,11-21H2,1-10H3. The van der Waals surface area contributed by atoms with Gasteiger partial charge in [-0.25, -0.2) is 0 Å². The molecular weight excluding hydrogens is 402 g/mol. The lowest BCUT2D eigenvalue weighted by atomic mass is 9.85. The van der Waals surface area contributed by atoms with Gasteiger partial charge in [0.2, 0.25) is 0 Å². The van der Waals surface area contributed by atoms with Crippen LogP contribution >= 0.6 is 0 Å². The van der Waals surface area contributed by atoms with Crippen molar-refractivity contribution < 1.29 is 19.0 Å². The molecule has 0 aromatic rings. The summed E-state index contributed by atoms with van der Waals surface area (Å²) in [6.45, 7) is 20.6. The van der Waals surface area contributed by atoms with Gasteiger partial charge in [0.25, 0.3) is 0 Å². The smallest absolute Gasteiger partial charge is 0.305 e. The molecule has 0 radical (unpaired) electrons. The first-order valence-corrected chi connectivity index (χ1v) is 13.1. The maximum absolute atomic E-state index is 12.0. The van der Waals surface area contributed by atoms with Crippen LogP contribution in [0.5, 0.6) is 0 Å². The summed E-state index contributed by atoms with van der Waals surface area (Å²) in [5, 5.41) is 3.88. The molecule has 3 unspecified atom stereocenters. The Balaban J connectivity index is 5.23. The molecule has 0 amide bonds. The van der Waals surface area contributed by atoms with Gasteiger partial charge in [0, 0.05) is 42.9 Å². The minimum absolute atomic E-state index is 0.0432. The summed E-state index contributed by atoms with van der Waals surface area (Å²) < 4.78 is 18.2. The lowest BCUT2D eigenvalue weighted by molar-refractivity contribution is -0.267. The highest BCUT2D eigenvalue weighted by molar-refractivity contribution is 5.69. The average molecular weight is 458 g/mol. The normalized spacial score (nSPS) is 17.8. The van der Waals surface area contributed by atoms with Gasteiger partial charge < -0.3 is 19.5 Å². The zero-order chi connectivity index (χ0) is 24.8. The van der Waals surface area contributed by atoms with E-state index in [1.807, 2.05) is 0 Å². The van der Waals surface area contributed by atoms with Crippen molar-refractivity contribution in [1.82, 2.24) is 5.32 Å². The maximum Gasteiger partial charge on any atom is 0.305 e. The molecule has 0 spiro atoms. The van der Waals surface area contributed by atoms with Crippen molar-refractivity contribution >= 4 is 5.97 Å². The fraction of sp³-hybridized carbons (Fsp3) is 0.963. The molecule has 0 saturated heterocycles. The fourth-order valence-electron chi connectivity index (χ4n) is 3.90. The van der Waals surface area contributed by atoms with Gasteiger partial charge in [-0.2, -0.15) is 0 Å². The summed E-state index contributed by atoms with van der Waals surface area (Å²) in [6, 6.07) is 0.530. The van der Waals surface area contributed by atoms with Crippen LogP contribution in [0.3, 0.4) is 0 Å². The van der Waals surface area contributed by atoms with Gasteiger partial charge in [-0.15, -0.1) is 0 Å². The van der Waals surface area contributed by atoms with Gasteiger partial charge in [-0.3, -0.25) is 4.79 Å². The lowest BCUT2D eigenvalue weighted by Crippen LogP contribution is -2.50. The second-order valence-corrected chi connectivity index (χ2v) is 10.5. The predicted molar refractivity (Wildman–Crippen MR) is 135 cm³/mol. The van der Waals surface area contributed by atoms with Gasteiger partial charge in [0.1, 0.15) is 0 Å². The number of hydrogen-bond donors (Lipinski definition) is 1. The first kappa shape index (κ1) is 31.4. The number of esters is 1. The number of hydrogen-bond acceptors (Lipinski definition) is 5. The van der Waals surface area contributed by atoms with E-state index in [1.165, 1.54) is 0 Å². The van der Waals surface area contributed by atoms with Gasteiger partial charge in [-0.1, -0.05) is 61.8 Å². The summed E-state index contributed by atoms with van der Waals surface area (Å²) in [4.78, 5) is 12.0. The zero-order valence-electron chi connectivity index (χ0n) is 23.1. The van der Waals surface area contributed by atoms with Crippen molar-refractivity contribution in [1.29, 1.82) is 0 Å².